The van der Waals surface area contributed by atoms with Gasteiger partial charge < -0.3 is 5.32 Å². The molecule has 0 aliphatic carbocycles. The van der Waals surface area contributed by atoms with Crippen LogP contribution < -0.4 is 5.32 Å². The molecular weight excluding hydrogens is 543 g/mol. The molecule has 1 aliphatic heterocycles. The van der Waals surface area contributed by atoms with Crippen LogP contribution in [-0.4, -0.2) is 11.7 Å². The fourth-order valence-corrected chi connectivity index (χ4v) is 6.97. The molecule has 1 aromatic heterocycles. The highest BCUT2D eigenvalue weighted by Crippen LogP contribution is 2.40. The molecule has 43 heavy (non-hydrogen) atoms. The van der Waals surface area contributed by atoms with Gasteiger partial charge in [-0.05, 0) is 46.0 Å². The number of aliphatic imine (C=N–C) groups is 2. The van der Waals surface area contributed by atoms with Crippen LogP contribution in [0.15, 0.2) is 162 Å². The summed E-state index contributed by atoms with van der Waals surface area (Å²) < 4.78 is 2.51. The van der Waals surface area contributed by atoms with Crippen molar-refractivity contribution in [2.75, 3.05) is 0 Å². The van der Waals surface area contributed by atoms with E-state index in [-0.39, 0.29) is 6.17 Å². The van der Waals surface area contributed by atoms with E-state index in [0.717, 1.165) is 28.4 Å². The molecule has 0 bridgehead atoms. The van der Waals surface area contributed by atoms with E-state index in [9.17, 15) is 0 Å². The molecule has 2 heterocycles. The van der Waals surface area contributed by atoms with Gasteiger partial charge in [0.1, 0.15) is 11.7 Å². The van der Waals surface area contributed by atoms with Crippen LogP contribution in [0.1, 0.15) is 22.9 Å². The SMILES string of the molecule is c1ccc(C2=NC(c3ccc(-c4ccccc4)cc3)N=C(c3cc(-c4ccccc4)cc4sc5ccccc5c34)N2)cc1. The van der Waals surface area contributed by atoms with E-state index in [1.54, 1.807) is 0 Å². The zero-order chi connectivity index (χ0) is 28.6. The van der Waals surface area contributed by atoms with Crippen molar-refractivity contribution in [3.8, 4) is 22.3 Å². The first-order chi connectivity index (χ1) is 21.3. The molecule has 0 saturated heterocycles. The predicted molar refractivity (Wildman–Crippen MR) is 182 cm³/mol. The molecule has 8 rings (SSSR count). The van der Waals surface area contributed by atoms with Gasteiger partial charge in [0.2, 0.25) is 0 Å². The maximum Gasteiger partial charge on any atom is 0.169 e. The predicted octanol–water partition coefficient (Wildman–Crippen LogP) is 9.88. The quantitative estimate of drug-likeness (QED) is 0.220. The third kappa shape index (κ3) is 4.82. The Morgan fingerprint density at radius 3 is 1.72 bits per heavy atom. The van der Waals surface area contributed by atoms with E-state index in [1.165, 1.54) is 42.4 Å². The van der Waals surface area contributed by atoms with Crippen LogP contribution in [0.25, 0.3) is 42.4 Å². The van der Waals surface area contributed by atoms with Gasteiger partial charge in [-0.25, -0.2) is 9.98 Å². The minimum atomic E-state index is -0.378. The molecule has 0 radical (unpaired) electrons. The lowest BCUT2D eigenvalue weighted by molar-refractivity contribution is 0.756. The molecule has 0 saturated carbocycles. The topological polar surface area (TPSA) is 36.8 Å². The number of rotatable bonds is 5. The Hall–Kier alpha value is -5.32. The van der Waals surface area contributed by atoms with E-state index in [0.29, 0.717) is 0 Å². The Labute approximate surface area is 254 Å². The number of hydrogen-bond donors (Lipinski definition) is 1. The fourth-order valence-electron chi connectivity index (χ4n) is 5.80. The zero-order valence-electron chi connectivity index (χ0n) is 23.3. The Morgan fingerprint density at radius 1 is 0.465 bits per heavy atom. The van der Waals surface area contributed by atoms with Gasteiger partial charge in [0, 0.05) is 31.3 Å². The lowest BCUT2D eigenvalue weighted by Gasteiger charge is -2.23. The van der Waals surface area contributed by atoms with Crippen molar-refractivity contribution < 1.29 is 0 Å². The largest absolute Gasteiger partial charge is 0.324 e. The number of amidine groups is 2. The molecule has 1 aliphatic rings. The minimum absolute atomic E-state index is 0.378. The third-order valence-electron chi connectivity index (χ3n) is 7.94. The van der Waals surface area contributed by atoms with Gasteiger partial charge in [0.25, 0.3) is 0 Å². The summed E-state index contributed by atoms with van der Waals surface area (Å²) in [5.41, 5.74) is 7.90. The first-order valence-corrected chi connectivity index (χ1v) is 15.3. The van der Waals surface area contributed by atoms with Crippen molar-refractivity contribution >= 4 is 43.2 Å². The normalized spacial score (nSPS) is 14.7. The Balaban J connectivity index is 1.31. The molecular formula is C39H27N3S. The van der Waals surface area contributed by atoms with Crippen LogP contribution >= 0.6 is 11.3 Å². The van der Waals surface area contributed by atoms with Crippen molar-refractivity contribution in [3.05, 3.63) is 168 Å². The zero-order valence-corrected chi connectivity index (χ0v) is 24.1. The van der Waals surface area contributed by atoms with Crippen LogP contribution in [0.2, 0.25) is 0 Å². The average Bonchev–Trinajstić information content (AvgIpc) is 3.47. The Kier molecular flexibility index (Phi) is 6.39. The molecule has 1 N–H and O–H groups in total. The molecule has 0 fully saturated rings. The van der Waals surface area contributed by atoms with Gasteiger partial charge in [-0.2, -0.15) is 0 Å². The average molecular weight is 570 g/mol. The van der Waals surface area contributed by atoms with E-state index >= 15 is 0 Å². The summed E-state index contributed by atoms with van der Waals surface area (Å²) >= 11 is 1.83. The lowest BCUT2D eigenvalue weighted by Crippen LogP contribution is -2.36. The van der Waals surface area contributed by atoms with E-state index in [1.807, 2.05) is 23.5 Å². The summed E-state index contributed by atoms with van der Waals surface area (Å²) in [6, 6.07) is 53.3. The van der Waals surface area contributed by atoms with Crippen LogP contribution in [-0.2, 0) is 0 Å². The summed E-state index contributed by atoms with van der Waals surface area (Å²) in [6.07, 6.45) is -0.378. The summed E-state index contributed by atoms with van der Waals surface area (Å²) in [7, 11) is 0. The maximum absolute atomic E-state index is 5.29. The first kappa shape index (κ1) is 25.4. The molecule has 4 heteroatoms. The molecule has 0 spiro atoms. The summed E-state index contributed by atoms with van der Waals surface area (Å²) in [5, 5.41) is 6.12. The molecule has 1 atom stereocenters. The second-order valence-corrected chi connectivity index (χ2v) is 11.8. The minimum Gasteiger partial charge on any atom is -0.324 e. The van der Waals surface area contributed by atoms with Crippen molar-refractivity contribution in [1.29, 1.82) is 0 Å². The first-order valence-electron chi connectivity index (χ1n) is 14.4. The number of fused-ring (bicyclic) bond motifs is 3. The van der Waals surface area contributed by atoms with Crippen molar-refractivity contribution in [3.63, 3.8) is 0 Å². The standard InChI is InChI=1S/C39H27N3S/c1-4-12-26(13-5-1)28-20-22-30(23-21-28)38-40-37(29-16-8-3-9-17-29)41-39(42-38)33-24-31(27-14-6-2-7-15-27)25-35-36(33)32-18-10-11-19-34(32)43-35/h1-25,38H,(H,40,41,42). The number of thiophene rings is 1. The molecule has 204 valence electrons. The third-order valence-corrected chi connectivity index (χ3v) is 9.06. The number of benzene rings is 6. The van der Waals surface area contributed by atoms with Crippen molar-refractivity contribution in [1.82, 2.24) is 5.32 Å². The molecule has 0 amide bonds. The van der Waals surface area contributed by atoms with Gasteiger partial charge in [-0.3, -0.25) is 0 Å². The molecule has 6 aromatic carbocycles. The van der Waals surface area contributed by atoms with Gasteiger partial charge in [0.15, 0.2) is 6.17 Å². The van der Waals surface area contributed by atoms with Gasteiger partial charge in [-0.15, -0.1) is 11.3 Å². The Bertz CT molecular complexity index is 2130. The van der Waals surface area contributed by atoms with Crippen molar-refractivity contribution in [2.24, 2.45) is 9.98 Å². The smallest absolute Gasteiger partial charge is 0.169 e. The van der Waals surface area contributed by atoms with Crippen LogP contribution in [0.5, 0.6) is 0 Å². The van der Waals surface area contributed by atoms with Gasteiger partial charge >= 0.3 is 0 Å². The molecule has 7 aromatic rings. The van der Waals surface area contributed by atoms with E-state index < -0.39 is 0 Å². The highest BCUT2D eigenvalue weighted by Gasteiger charge is 2.24. The van der Waals surface area contributed by atoms with Gasteiger partial charge in [0.05, 0.1) is 0 Å². The van der Waals surface area contributed by atoms with E-state index in [4.69, 9.17) is 9.98 Å². The lowest BCUT2D eigenvalue weighted by atomic mass is 9.97. The summed E-state index contributed by atoms with van der Waals surface area (Å²) in [4.78, 5) is 10.4. The number of nitrogens with one attached hydrogen (secondary N) is 1. The Morgan fingerprint density at radius 2 is 1.02 bits per heavy atom. The monoisotopic (exact) mass is 569 g/mol. The number of nitrogens with zero attached hydrogens (tertiary/aromatic N) is 2. The van der Waals surface area contributed by atoms with Gasteiger partial charge in [-0.1, -0.05) is 133 Å². The van der Waals surface area contributed by atoms with E-state index in [2.05, 4.69) is 145 Å². The van der Waals surface area contributed by atoms with Crippen molar-refractivity contribution in [2.45, 2.75) is 6.17 Å². The fraction of sp³-hybridized carbons (Fsp3) is 0.0256. The van der Waals surface area contributed by atoms with Crippen LogP contribution in [0.4, 0.5) is 0 Å². The second kappa shape index (κ2) is 10.8. The summed E-state index contributed by atoms with van der Waals surface area (Å²) in [6.45, 7) is 0. The highest BCUT2D eigenvalue weighted by molar-refractivity contribution is 7.25. The second-order valence-electron chi connectivity index (χ2n) is 10.7. The highest BCUT2D eigenvalue weighted by atomic mass is 32.1. The molecule has 1 unspecified atom stereocenters. The van der Waals surface area contributed by atoms with Crippen LogP contribution in [0, 0.1) is 0 Å². The number of hydrogen-bond acceptors (Lipinski definition) is 4. The summed E-state index contributed by atoms with van der Waals surface area (Å²) in [5.74, 6) is 1.65. The maximum atomic E-state index is 5.29. The van der Waals surface area contributed by atoms with Crippen LogP contribution in [0.3, 0.4) is 0 Å². The molecule has 3 nitrogen and oxygen atoms in total.